The van der Waals surface area contributed by atoms with E-state index in [0.717, 1.165) is 36.6 Å². The number of fused-ring (bicyclic) bond motifs is 1. The Kier molecular flexibility index (Phi) is 6.46. The maximum atomic E-state index is 14.3. The molecule has 0 saturated carbocycles. The summed E-state index contributed by atoms with van der Waals surface area (Å²) >= 11 is 6.10. The number of halogens is 2. The Morgan fingerprint density at radius 1 is 1.26 bits per heavy atom. The average Bonchev–Trinajstić information content (AvgIpc) is 2.87. The van der Waals surface area contributed by atoms with Gasteiger partial charge in [0.05, 0.1) is 16.7 Å². The van der Waals surface area contributed by atoms with Gasteiger partial charge < -0.3 is 15.4 Å². The molecule has 0 atom stereocenters. The van der Waals surface area contributed by atoms with E-state index >= 15 is 0 Å². The van der Waals surface area contributed by atoms with Crippen LogP contribution in [0.25, 0.3) is 0 Å². The van der Waals surface area contributed by atoms with Crippen molar-refractivity contribution in [1.29, 1.82) is 5.26 Å². The van der Waals surface area contributed by atoms with E-state index in [-0.39, 0.29) is 34.8 Å². The standard InChI is InChI=1S/C24H21ClFN7O2/c25-19-2-1-3-20(26)21(19)33-14-35-22-18(23(33)34)12-29-24(31-22)30-17-5-4-15(16(10-17)11-27)13-32-8-6-28-7-9-32/h1-5,10,12,28H,6-9,13-14H2,(H,29,30,31). The Labute approximate surface area is 206 Å². The molecular formula is C24H21ClFN7O2. The summed E-state index contributed by atoms with van der Waals surface area (Å²) in [5, 5.41) is 16.1. The number of carbonyl (C=O) groups excluding carboxylic acids is 1. The molecule has 1 amide bonds. The molecule has 0 bridgehead atoms. The van der Waals surface area contributed by atoms with Gasteiger partial charge in [0.15, 0.2) is 6.73 Å². The highest BCUT2D eigenvalue weighted by atomic mass is 35.5. The number of hydrogen-bond donors (Lipinski definition) is 2. The highest BCUT2D eigenvalue weighted by Gasteiger charge is 2.31. The first-order valence-corrected chi connectivity index (χ1v) is 11.4. The molecule has 11 heteroatoms. The number of anilines is 3. The van der Waals surface area contributed by atoms with Crippen LogP contribution in [0.3, 0.4) is 0 Å². The van der Waals surface area contributed by atoms with Gasteiger partial charge in [-0.25, -0.2) is 9.37 Å². The molecule has 5 rings (SSSR count). The zero-order valence-corrected chi connectivity index (χ0v) is 19.3. The van der Waals surface area contributed by atoms with Crippen molar-refractivity contribution in [2.75, 3.05) is 43.1 Å². The fraction of sp³-hybridized carbons (Fsp3) is 0.250. The van der Waals surface area contributed by atoms with Crippen molar-refractivity contribution >= 4 is 34.8 Å². The number of para-hydroxylation sites is 1. The van der Waals surface area contributed by atoms with E-state index < -0.39 is 11.7 Å². The Morgan fingerprint density at radius 3 is 2.86 bits per heavy atom. The van der Waals surface area contributed by atoms with Crippen LogP contribution < -0.4 is 20.3 Å². The minimum Gasteiger partial charge on any atom is -0.455 e. The van der Waals surface area contributed by atoms with Crippen LogP contribution in [0.1, 0.15) is 21.5 Å². The van der Waals surface area contributed by atoms with E-state index in [1.165, 1.54) is 24.4 Å². The van der Waals surface area contributed by atoms with E-state index in [9.17, 15) is 14.4 Å². The maximum Gasteiger partial charge on any atom is 0.268 e. The molecule has 9 nitrogen and oxygen atoms in total. The van der Waals surface area contributed by atoms with Gasteiger partial charge in [-0.2, -0.15) is 10.2 Å². The van der Waals surface area contributed by atoms with Gasteiger partial charge in [0.25, 0.3) is 5.91 Å². The van der Waals surface area contributed by atoms with Crippen LogP contribution >= 0.6 is 11.6 Å². The van der Waals surface area contributed by atoms with Gasteiger partial charge in [0.2, 0.25) is 11.8 Å². The number of aromatic nitrogens is 2. The number of hydrogen-bond acceptors (Lipinski definition) is 8. The molecule has 1 aromatic heterocycles. The third-order valence-corrected chi connectivity index (χ3v) is 6.16. The van der Waals surface area contributed by atoms with Gasteiger partial charge >= 0.3 is 0 Å². The summed E-state index contributed by atoms with van der Waals surface area (Å²) in [5.74, 6) is -0.876. The number of ether oxygens (including phenoxy) is 1. The van der Waals surface area contributed by atoms with Crippen molar-refractivity contribution in [2.45, 2.75) is 6.54 Å². The summed E-state index contributed by atoms with van der Waals surface area (Å²) < 4.78 is 19.9. The monoisotopic (exact) mass is 493 g/mol. The molecule has 0 unspecified atom stereocenters. The fourth-order valence-corrected chi connectivity index (χ4v) is 4.33. The number of piperazine rings is 1. The minimum absolute atomic E-state index is 0.0584. The third-order valence-electron chi connectivity index (χ3n) is 5.86. The second-order valence-electron chi connectivity index (χ2n) is 8.12. The largest absolute Gasteiger partial charge is 0.455 e. The summed E-state index contributed by atoms with van der Waals surface area (Å²) in [5.41, 5.74) is 2.18. The lowest BCUT2D eigenvalue weighted by atomic mass is 10.1. The summed E-state index contributed by atoms with van der Waals surface area (Å²) in [4.78, 5) is 24.9. The van der Waals surface area contributed by atoms with Gasteiger partial charge in [0.1, 0.15) is 17.1 Å². The second-order valence-corrected chi connectivity index (χ2v) is 8.53. The predicted octanol–water partition coefficient (Wildman–Crippen LogP) is 3.29. The number of rotatable bonds is 5. The van der Waals surface area contributed by atoms with Crippen LogP contribution in [-0.2, 0) is 6.54 Å². The SMILES string of the molecule is N#Cc1cc(Nc2ncc3c(n2)OCN(c2c(F)cccc2Cl)C3=O)ccc1CN1CCNCC1. The van der Waals surface area contributed by atoms with Crippen molar-refractivity contribution in [3.63, 3.8) is 0 Å². The Bertz CT molecular complexity index is 1300. The number of amides is 1. The van der Waals surface area contributed by atoms with Crippen molar-refractivity contribution in [1.82, 2.24) is 20.2 Å². The smallest absolute Gasteiger partial charge is 0.268 e. The molecule has 3 heterocycles. The number of nitrogens with one attached hydrogen (secondary N) is 2. The Balaban J connectivity index is 1.33. The number of carbonyl (C=O) groups is 1. The Morgan fingerprint density at radius 2 is 2.09 bits per heavy atom. The molecule has 0 aliphatic carbocycles. The molecule has 35 heavy (non-hydrogen) atoms. The molecule has 0 spiro atoms. The van der Waals surface area contributed by atoms with Crippen LogP contribution in [0, 0.1) is 17.1 Å². The van der Waals surface area contributed by atoms with E-state index in [1.54, 1.807) is 6.07 Å². The molecular weight excluding hydrogens is 473 g/mol. The maximum absolute atomic E-state index is 14.3. The van der Waals surface area contributed by atoms with Crippen LogP contribution in [0.15, 0.2) is 42.6 Å². The molecule has 178 valence electrons. The topological polar surface area (TPSA) is 106 Å². The third kappa shape index (κ3) is 4.74. The lowest BCUT2D eigenvalue weighted by Crippen LogP contribution is -2.43. The molecule has 1 fully saturated rings. The van der Waals surface area contributed by atoms with Crippen molar-refractivity contribution in [3.8, 4) is 11.9 Å². The quantitative estimate of drug-likeness (QED) is 0.557. The lowest BCUT2D eigenvalue weighted by molar-refractivity contribution is 0.0931. The van der Waals surface area contributed by atoms with Crippen LogP contribution in [0.2, 0.25) is 5.02 Å². The first-order chi connectivity index (χ1) is 17.0. The minimum atomic E-state index is -0.634. The predicted molar refractivity (Wildman–Crippen MR) is 128 cm³/mol. The molecule has 2 aliphatic heterocycles. The molecule has 0 radical (unpaired) electrons. The molecule has 3 aromatic rings. The molecule has 2 aliphatic rings. The number of benzene rings is 2. The summed E-state index contributed by atoms with van der Waals surface area (Å²) in [6.45, 7) is 4.21. The van der Waals surface area contributed by atoms with E-state index in [2.05, 4.69) is 31.6 Å². The summed E-state index contributed by atoms with van der Waals surface area (Å²) in [6, 6.07) is 11.9. The number of nitrogens with zero attached hydrogens (tertiary/aromatic N) is 5. The van der Waals surface area contributed by atoms with Gasteiger partial charge in [-0.3, -0.25) is 14.6 Å². The van der Waals surface area contributed by atoms with Crippen molar-refractivity contribution in [3.05, 3.63) is 70.1 Å². The zero-order valence-electron chi connectivity index (χ0n) is 18.6. The lowest BCUT2D eigenvalue weighted by Gasteiger charge is -2.28. The van der Waals surface area contributed by atoms with Crippen LogP contribution in [-0.4, -0.2) is 53.7 Å². The molecule has 2 aromatic carbocycles. The van der Waals surface area contributed by atoms with E-state index in [0.29, 0.717) is 17.8 Å². The first kappa shape index (κ1) is 23.0. The second kappa shape index (κ2) is 9.84. The summed E-state index contributed by atoms with van der Waals surface area (Å²) in [7, 11) is 0. The summed E-state index contributed by atoms with van der Waals surface area (Å²) in [6.07, 6.45) is 1.32. The van der Waals surface area contributed by atoms with Crippen molar-refractivity contribution < 1.29 is 13.9 Å². The fourth-order valence-electron chi connectivity index (χ4n) is 4.06. The van der Waals surface area contributed by atoms with Gasteiger partial charge in [-0.1, -0.05) is 23.7 Å². The molecule has 2 N–H and O–H groups in total. The highest BCUT2D eigenvalue weighted by Crippen LogP contribution is 2.34. The normalized spacial score (nSPS) is 15.8. The van der Waals surface area contributed by atoms with Crippen LogP contribution in [0.4, 0.5) is 21.7 Å². The number of nitriles is 1. The van der Waals surface area contributed by atoms with E-state index in [1.807, 2.05) is 12.1 Å². The Hall–Kier alpha value is -3.78. The van der Waals surface area contributed by atoms with Gasteiger partial charge in [0, 0.05) is 44.6 Å². The van der Waals surface area contributed by atoms with Crippen molar-refractivity contribution in [2.24, 2.45) is 0 Å². The van der Waals surface area contributed by atoms with Gasteiger partial charge in [-0.05, 0) is 29.8 Å². The van der Waals surface area contributed by atoms with Crippen LogP contribution in [0.5, 0.6) is 5.88 Å². The first-order valence-electron chi connectivity index (χ1n) is 11.0. The highest BCUT2D eigenvalue weighted by molar-refractivity contribution is 6.34. The van der Waals surface area contributed by atoms with Gasteiger partial charge in [-0.15, -0.1) is 0 Å². The molecule has 1 saturated heterocycles. The average molecular weight is 494 g/mol. The van der Waals surface area contributed by atoms with E-state index in [4.69, 9.17) is 16.3 Å². The zero-order chi connectivity index (χ0) is 24.4.